The molecule has 1 aromatic heterocycles. The van der Waals surface area contributed by atoms with Gasteiger partial charge in [0.05, 0.1) is 5.75 Å². The molecule has 0 unspecified atom stereocenters. The number of nitrogens with zero attached hydrogens (tertiary/aromatic N) is 4. The van der Waals surface area contributed by atoms with E-state index in [9.17, 15) is 12.8 Å². The Hall–Kier alpha value is -2.26. The minimum Gasteiger partial charge on any atom is -0.369 e. The molecule has 0 aliphatic carbocycles. The second-order valence-electron chi connectivity index (χ2n) is 6.08. The van der Waals surface area contributed by atoms with Crippen LogP contribution in [0.25, 0.3) is 0 Å². The Morgan fingerprint density at radius 3 is 2.31 bits per heavy atom. The second-order valence-corrected chi connectivity index (χ2v) is 8.04. The molecule has 2 aromatic rings. The number of piperazine rings is 1. The SMILES string of the molecule is CCNc1ccc(N2CCN(S(=O)(=O)Cc3ccc(F)cc3)CC2)nn1. The average Bonchev–Trinajstić information content (AvgIpc) is 2.65. The van der Waals surface area contributed by atoms with Crippen molar-refractivity contribution in [1.29, 1.82) is 0 Å². The van der Waals surface area contributed by atoms with Gasteiger partial charge in [-0.3, -0.25) is 0 Å². The Balaban J connectivity index is 1.59. The van der Waals surface area contributed by atoms with E-state index in [-0.39, 0.29) is 11.6 Å². The largest absolute Gasteiger partial charge is 0.369 e. The Morgan fingerprint density at radius 2 is 1.73 bits per heavy atom. The lowest BCUT2D eigenvalue weighted by Crippen LogP contribution is -2.49. The molecule has 0 atom stereocenters. The Labute approximate surface area is 152 Å². The first-order valence-electron chi connectivity index (χ1n) is 8.53. The molecule has 2 heterocycles. The van der Waals surface area contributed by atoms with E-state index in [4.69, 9.17) is 0 Å². The van der Waals surface area contributed by atoms with E-state index in [2.05, 4.69) is 15.5 Å². The highest BCUT2D eigenvalue weighted by atomic mass is 32.2. The zero-order valence-corrected chi connectivity index (χ0v) is 15.4. The summed E-state index contributed by atoms with van der Waals surface area (Å²) in [5, 5.41) is 11.4. The van der Waals surface area contributed by atoms with E-state index < -0.39 is 10.0 Å². The van der Waals surface area contributed by atoms with Crippen molar-refractivity contribution in [1.82, 2.24) is 14.5 Å². The Bertz CT molecular complexity index is 819. The number of halogens is 1. The van der Waals surface area contributed by atoms with Crippen LogP contribution in [0.4, 0.5) is 16.0 Å². The highest BCUT2D eigenvalue weighted by Gasteiger charge is 2.27. The van der Waals surface area contributed by atoms with E-state index in [0.29, 0.717) is 31.7 Å². The molecule has 0 bridgehead atoms. The fourth-order valence-corrected chi connectivity index (χ4v) is 4.36. The highest BCUT2D eigenvalue weighted by molar-refractivity contribution is 7.88. The molecular formula is C17H22FN5O2S. The third kappa shape index (κ3) is 4.47. The number of nitrogens with one attached hydrogen (secondary N) is 1. The zero-order chi connectivity index (χ0) is 18.6. The second kappa shape index (κ2) is 7.96. The summed E-state index contributed by atoms with van der Waals surface area (Å²) in [7, 11) is -3.43. The lowest BCUT2D eigenvalue weighted by Gasteiger charge is -2.34. The molecule has 1 aromatic carbocycles. The van der Waals surface area contributed by atoms with Crippen molar-refractivity contribution in [3.8, 4) is 0 Å². The number of hydrogen-bond donors (Lipinski definition) is 1. The van der Waals surface area contributed by atoms with E-state index >= 15 is 0 Å². The molecule has 1 fully saturated rings. The first kappa shape index (κ1) is 18.5. The fraction of sp³-hybridized carbons (Fsp3) is 0.412. The smallest absolute Gasteiger partial charge is 0.218 e. The number of hydrogen-bond acceptors (Lipinski definition) is 6. The van der Waals surface area contributed by atoms with E-state index in [1.807, 2.05) is 24.0 Å². The average molecular weight is 379 g/mol. The molecule has 1 saturated heterocycles. The summed E-state index contributed by atoms with van der Waals surface area (Å²) in [5.41, 5.74) is 0.582. The summed E-state index contributed by atoms with van der Waals surface area (Å²) in [6.07, 6.45) is 0. The monoisotopic (exact) mass is 379 g/mol. The Kier molecular flexibility index (Phi) is 5.67. The summed E-state index contributed by atoms with van der Waals surface area (Å²) in [6.45, 7) is 4.65. The highest BCUT2D eigenvalue weighted by Crippen LogP contribution is 2.18. The summed E-state index contributed by atoms with van der Waals surface area (Å²) >= 11 is 0. The molecule has 0 amide bonds. The van der Waals surface area contributed by atoms with E-state index in [1.54, 1.807) is 0 Å². The van der Waals surface area contributed by atoms with Gasteiger partial charge in [-0.05, 0) is 36.8 Å². The van der Waals surface area contributed by atoms with E-state index in [0.717, 1.165) is 18.2 Å². The van der Waals surface area contributed by atoms with Crippen LogP contribution < -0.4 is 10.2 Å². The number of rotatable bonds is 6. The molecule has 1 N–H and O–H groups in total. The maximum absolute atomic E-state index is 13.0. The van der Waals surface area contributed by atoms with Crippen LogP contribution in [0.15, 0.2) is 36.4 Å². The molecule has 0 radical (unpaired) electrons. The van der Waals surface area contributed by atoms with Gasteiger partial charge in [0.25, 0.3) is 0 Å². The molecule has 140 valence electrons. The Morgan fingerprint density at radius 1 is 1.04 bits per heavy atom. The molecule has 7 nitrogen and oxygen atoms in total. The molecule has 1 aliphatic heterocycles. The van der Waals surface area contributed by atoms with Crippen molar-refractivity contribution in [2.45, 2.75) is 12.7 Å². The zero-order valence-electron chi connectivity index (χ0n) is 14.6. The van der Waals surface area contributed by atoms with Crippen LogP contribution in [-0.4, -0.2) is 55.6 Å². The molecule has 0 saturated carbocycles. The van der Waals surface area contributed by atoms with Gasteiger partial charge in [-0.1, -0.05) is 12.1 Å². The standard InChI is InChI=1S/C17H22FN5O2S/c1-2-19-16-7-8-17(21-20-16)22-9-11-23(12-10-22)26(24,25)13-14-3-5-15(18)6-4-14/h3-8H,2,9-13H2,1H3,(H,19,20). The van der Waals surface area contributed by atoms with Crippen LogP contribution in [0, 0.1) is 5.82 Å². The molecule has 1 aliphatic rings. The van der Waals surface area contributed by atoms with Crippen molar-refractivity contribution >= 4 is 21.7 Å². The molecule has 9 heteroatoms. The van der Waals surface area contributed by atoms with E-state index in [1.165, 1.54) is 28.6 Å². The fourth-order valence-electron chi connectivity index (χ4n) is 2.85. The van der Waals surface area contributed by atoms with Gasteiger partial charge < -0.3 is 10.2 Å². The first-order chi connectivity index (χ1) is 12.5. The van der Waals surface area contributed by atoms with Crippen LogP contribution in [0.2, 0.25) is 0 Å². The van der Waals surface area contributed by atoms with Crippen LogP contribution in [-0.2, 0) is 15.8 Å². The van der Waals surface area contributed by atoms with Crippen LogP contribution in [0.3, 0.4) is 0 Å². The summed E-state index contributed by atoms with van der Waals surface area (Å²) in [5.74, 6) is 0.963. The lowest BCUT2D eigenvalue weighted by atomic mass is 10.2. The maximum Gasteiger partial charge on any atom is 0.218 e. The molecule has 3 rings (SSSR count). The predicted octanol–water partition coefficient (Wildman–Crippen LogP) is 1.70. The van der Waals surface area contributed by atoms with Gasteiger partial charge in [0.15, 0.2) is 5.82 Å². The minimum absolute atomic E-state index is 0.121. The number of anilines is 2. The van der Waals surface area contributed by atoms with Crippen molar-refractivity contribution in [3.63, 3.8) is 0 Å². The van der Waals surface area contributed by atoms with Crippen LogP contribution >= 0.6 is 0 Å². The maximum atomic E-state index is 13.0. The van der Waals surface area contributed by atoms with Crippen molar-refractivity contribution in [2.24, 2.45) is 0 Å². The third-order valence-electron chi connectivity index (χ3n) is 4.23. The van der Waals surface area contributed by atoms with Crippen molar-refractivity contribution in [3.05, 3.63) is 47.8 Å². The predicted molar refractivity (Wildman–Crippen MR) is 99.0 cm³/mol. The van der Waals surface area contributed by atoms with Crippen LogP contribution in [0.5, 0.6) is 0 Å². The van der Waals surface area contributed by atoms with Gasteiger partial charge in [0.2, 0.25) is 10.0 Å². The number of sulfonamides is 1. The quantitative estimate of drug-likeness (QED) is 0.823. The molecule has 0 spiro atoms. The van der Waals surface area contributed by atoms with Gasteiger partial charge in [-0.25, -0.2) is 12.8 Å². The summed E-state index contributed by atoms with van der Waals surface area (Å²) in [6, 6.07) is 9.31. The van der Waals surface area contributed by atoms with Crippen molar-refractivity contribution < 1.29 is 12.8 Å². The van der Waals surface area contributed by atoms with Gasteiger partial charge in [0, 0.05) is 32.7 Å². The topological polar surface area (TPSA) is 78.4 Å². The van der Waals surface area contributed by atoms with Crippen LogP contribution in [0.1, 0.15) is 12.5 Å². The summed E-state index contributed by atoms with van der Waals surface area (Å²) < 4.78 is 39.6. The molecule has 26 heavy (non-hydrogen) atoms. The van der Waals surface area contributed by atoms with Gasteiger partial charge in [-0.15, -0.1) is 10.2 Å². The summed E-state index contributed by atoms with van der Waals surface area (Å²) in [4.78, 5) is 2.02. The number of benzene rings is 1. The normalized spacial score (nSPS) is 15.8. The van der Waals surface area contributed by atoms with Gasteiger partial charge in [0.1, 0.15) is 11.6 Å². The number of aromatic nitrogens is 2. The van der Waals surface area contributed by atoms with Crippen molar-refractivity contribution in [2.75, 3.05) is 42.9 Å². The lowest BCUT2D eigenvalue weighted by molar-refractivity contribution is 0.383. The van der Waals surface area contributed by atoms with Gasteiger partial charge >= 0.3 is 0 Å². The third-order valence-corrected chi connectivity index (χ3v) is 6.08. The van der Waals surface area contributed by atoms with Gasteiger partial charge in [-0.2, -0.15) is 4.31 Å². The minimum atomic E-state index is -3.43. The molecular weight excluding hydrogens is 357 g/mol. The first-order valence-corrected chi connectivity index (χ1v) is 10.1.